The molecule has 0 aliphatic rings. The van der Waals surface area contributed by atoms with Crippen LogP contribution in [-0.4, -0.2) is 29.1 Å². The molecule has 0 aliphatic heterocycles. The fraction of sp³-hybridized carbons (Fsp3) is 0.412. The van der Waals surface area contributed by atoms with Gasteiger partial charge >= 0.3 is 0 Å². The Balaban J connectivity index is 2.19. The number of para-hydroxylation sites is 1. The first kappa shape index (κ1) is 15.4. The smallest absolute Gasteiger partial charge is 0.252 e. The molecule has 2 N–H and O–H groups in total. The van der Waals surface area contributed by atoms with Crippen LogP contribution in [0.2, 0.25) is 0 Å². The number of aliphatic hydroxyl groups excluding tert-OH is 1. The number of fused-ring (bicyclic) bond motifs is 1. The van der Waals surface area contributed by atoms with E-state index in [0.717, 1.165) is 23.0 Å². The minimum Gasteiger partial charge on any atom is -0.396 e. The lowest BCUT2D eigenvalue weighted by molar-refractivity contribution is 0.0945. The molecule has 1 aromatic heterocycles. The molecular formula is C17H22N2O2. The standard InChI is InChI=1S/C17H22N2O2/c1-3-13(8-9-20)11-18-17(21)15-10-12(2)19-16-7-5-4-6-14(15)16/h4-7,10,13,20H,3,8-9,11H2,1-2H3,(H,18,21). The molecule has 4 heteroatoms. The van der Waals surface area contributed by atoms with Gasteiger partial charge in [-0.1, -0.05) is 31.5 Å². The molecule has 0 saturated heterocycles. The van der Waals surface area contributed by atoms with Crippen molar-refractivity contribution in [1.82, 2.24) is 10.3 Å². The minimum atomic E-state index is -0.0758. The predicted molar refractivity (Wildman–Crippen MR) is 84.3 cm³/mol. The first-order chi connectivity index (χ1) is 10.2. The largest absolute Gasteiger partial charge is 0.396 e. The highest BCUT2D eigenvalue weighted by atomic mass is 16.3. The molecule has 0 aliphatic carbocycles. The second kappa shape index (κ2) is 7.18. The molecule has 112 valence electrons. The van der Waals surface area contributed by atoms with E-state index >= 15 is 0 Å². The minimum absolute atomic E-state index is 0.0758. The van der Waals surface area contributed by atoms with E-state index in [0.29, 0.717) is 24.4 Å². The third-order valence-electron chi connectivity index (χ3n) is 3.75. The summed E-state index contributed by atoms with van der Waals surface area (Å²) in [5, 5.41) is 12.9. The number of hydrogen-bond donors (Lipinski definition) is 2. The molecule has 1 amide bonds. The van der Waals surface area contributed by atoms with E-state index in [-0.39, 0.29) is 12.5 Å². The summed E-state index contributed by atoms with van der Waals surface area (Å²) < 4.78 is 0. The molecule has 0 radical (unpaired) electrons. The van der Waals surface area contributed by atoms with Gasteiger partial charge in [0.2, 0.25) is 0 Å². The van der Waals surface area contributed by atoms with Crippen LogP contribution in [0.15, 0.2) is 30.3 Å². The molecule has 1 heterocycles. The first-order valence-corrected chi connectivity index (χ1v) is 7.41. The van der Waals surface area contributed by atoms with Crippen molar-refractivity contribution >= 4 is 16.8 Å². The zero-order chi connectivity index (χ0) is 15.2. The second-order valence-corrected chi connectivity index (χ2v) is 5.32. The Morgan fingerprint density at radius 2 is 2.14 bits per heavy atom. The number of aliphatic hydroxyl groups is 1. The van der Waals surface area contributed by atoms with Crippen molar-refractivity contribution in [3.8, 4) is 0 Å². The summed E-state index contributed by atoms with van der Waals surface area (Å²) in [4.78, 5) is 16.9. The highest BCUT2D eigenvalue weighted by Crippen LogP contribution is 2.18. The van der Waals surface area contributed by atoms with Gasteiger partial charge in [-0.05, 0) is 31.4 Å². The number of carbonyl (C=O) groups excluding carboxylic acids is 1. The molecule has 21 heavy (non-hydrogen) atoms. The van der Waals surface area contributed by atoms with Crippen molar-refractivity contribution in [3.63, 3.8) is 0 Å². The lowest BCUT2D eigenvalue weighted by Gasteiger charge is -2.15. The number of nitrogens with one attached hydrogen (secondary N) is 1. The highest BCUT2D eigenvalue weighted by Gasteiger charge is 2.13. The summed E-state index contributed by atoms with van der Waals surface area (Å²) >= 11 is 0. The Labute approximate surface area is 125 Å². The number of carbonyl (C=O) groups is 1. The third-order valence-corrected chi connectivity index (χ3v) is 3.75. The van der Waals surface area contributed by atoms with Gasteiger partial charge in [-0.15, -0.1) is 0 Å². The van der Waals surface area contributed by atoms with E-state index in [1.807, 2.05) is 37.3 Å². The van der Waals surface area contributed by atoms with E-state index in [1.165, 1.54) is 0 Å². The fourth-order valence-electron chi connectivity index (χ4n) is 2.46. The van der Waals surface area contributed by atoms with Gasteiger partial charge in [-0.3, -0.25) is 9.78 Å². The Morgan fingerprint density at radius 3 is 2.86 bits per heavy atom. The normalized spacial score (nSPS) is 12.3. The number of amides is 1. The molecule has 4 nitrogen and oxygen atoms in total. The topological polar surface area (TPSA) is 62.2 Å². The van der Waals surface area contributed by atoms with Gasteiger partial charge in [0.25, 0.3) is 5.91 Å². The number of nitrogens with zero attached hydrogens (tertiary/aromatic N) is 1. The molecule has 1 unspecified atom stereocenters. The SMILES string of the molecule is CCC(CCO)CNC(=O)c1cc(C)nc2ccccc12. The third kappa shape index (κ3) is 3.79. The Hall–Kier alpha value is -1.94. The van der Waals surface area contributed by atoms with Crippen LogP contribution in [0, 0.1) is 12.8 Å². The van der Waals surface area contributed by atoms with Crippen molar-refractivity contribution in [2.24, 2.45) is 5.92 Å². The van der Waals surface area contributed by atoms with Crippen LogP contribution < -0.4 is 5.32 Å². The van der Waals surface area contributed by atoms with Crippen molar-refractivity contribution < 1.29 is 9.90 Å². The maximum absolute atomic E-state index is 12.4. The Kier molecular flexibility index (Phi) is 5.28. The zero-order valence-corrected chi connectivity index (χ0v) is 12.6. The number of hydrogen-bond acceptors (Lipinski definition) is 3. The van der Waals surface area contributed by atoms with Crippen LogP contribution in [0.25, 0.3) is 10.9 Å². The lowest BCUT2D eigenvalue weighted by atomic mass is 10.0. The molecule has 0 spiro atoms. The van der Waals surface area contributed by atoms with Gasteiger partial charge in [0, 0.05) is 24.2 Å². The Bertz CT molecular complexity index is 625. The number of benzene rings is 1. The van der Waals surface area contributed by atoms with Crippen molar-refractivity contribution in [3.05, 3.63) is 41.6 Å². The average Bonchev–Trinajstić information content (AvgIpc) is 2.50. The van der Waals surface area contributed by atoms with Gasteiger partial charge in [-0.25, -0.2) is 0 Å². The van der Waals surface area contributed by atoms with Crippen LogP contribution in [0.4, 0.5) is 0 Å². The second-order valence-electron chi connectivity index (χ2n) is 5.32. The molecule has 2 rings (SSSR count). The lowest BCUT2D eigenvalue weighted by Crippen LogP contribution is -2.29. The number of aromatic nitrogens is 1. The average molecular weight is 286 g/mol. The van der Waals surface area contributed by atoms with E-state index < -0.39 is 0 Å². The molecule has 0 fully saturated rings. The molecule has 2 aromatic rings. The van der Waals surface area contributed by atoms with E-state index in [1.54, 1.807) is 0 Å². The van der Waals surface area contributed by atoms with Crippen molar-refractivity contribution in [1.29, 1.82) is 0 Å². The number of pyridine rings is 1. The Morgan fingerprint density at radius 1 is 1.38 bits per heavy atom. The van der Waals surface area contributed by atoms with Crippen molar-refractivity contribution in [2.45, 2.75) is 26.7 Å². The molecule has 0 saturated carbocycles. The van der Waals surface area contributed by atoms with E-state index in [9.17, 15) is 4.79 Å². The summed E-state index contributed by atoms with van der Waals surface area (Å²) in [5.41, 5.74) is 2.34. The van der Waals surface area contributed by atoms with E-state index in [4.69, 9.17) is 5.11 Å². The van der Waals surface area contributed by atoms with Crippen LogP contribution in [-0.2, 0) is 0 Å². The van der Waals surface area contributed by atoms with Crippen LogP contribution in [0.3, 0.4) is 0 Å². The summed E-state index contributed by atoms with van der Waals surface area (Å²) in [7, 11) is 0. The highest BCUT2D eigenvalue weighted by molar-refractivity contribution is 6.06. The van der Waals surface area contributed by atoms with E-state index in [2.05, 4.69) is 17.2 Å². The van der Waals surface area contributed by atoms with Crippen molar-refractivity contribution in [2.75, 3.05) is 13.2 Å². The molecule has 1 aromatic carbocycles. The zero-order valence-electron chi connectivity index (χ0n) is 12.6. The maximum atomic E-state index is 12.4. The molecule has 1 atom stereocenters. The number of rotatable bonds is 6. The van der Waals surface area contributed by atoms with Crippen LogP contribution >= 0.6 is 0 Å². The van der Waals surface area contributed by atoms with Crippen LogP contribution in [0.1, 0.15) is 35.8 Å². The summed E-state index contributed by atoms with van der Waals surface area (Å²) in [6, 6.07) is 9.49. The van der Waals surface area contributed by atoms with Gasteiger partial charge in [0.05, 0.1) is 11.1 Å². The maximum Gasteiger partial charge on any atom is 0.252 e. The van der Waals surface area contributed by atoms with Gasteiger partial charge < -0.3 is 10.4 Å². The van der Waals surface area contributed by atoms with Gasteiger partial charge in [-0.2, -0.15) is 0 Å². The monoisotopic (exact) mass is 286 g/mol. The predicted octanol–water partition coefficient (Wildman–Crippen LogP) is 2.68. The first-order valence-electron chi connectivity index (χ1n) is 7.41. The molecule has 0 bridgehead atoms. The summed E-state index contributed by atoms with van der Waals surface area (Å²) in [5.74, 6) is 0.237. The summed E-state index contributed by atoms with van der Waals surface area (Å²) in [6.07, 6.45) is 1.66. The molecular weight excluding hydrogens is 264 g/mol. The van der Waals surface area contributed by atoms with Gasteiger partial charge in [0.1, 0.15) is 0 Å². The van der Waals surface area contributed by atoms with Gasteiger partial charge in [0.15, 0.2) is 0 Å². The number of aryl methyl sites for hydroxylation is 1. The quantitative estimate of drug-likeness (QED) is 0.858. The van der Waals surface area contributed by atoms with Crippen LogP contribution in [0.5, 0.6) is 0 Å². The summed E-state index contributed by atoms with van der Waals surface area (Å²) in [6.45, 7) is 4.71. The fourth-order valence-corrected chi connectivity index (χ4v) is 2.46.